The third-order valence-electron chi connectivity index (χ3n) is 3.42. The molecular formula is C18H20N2O3. The lowest BCUT2D eigenvalue weighted by molar-refractivity contribution is -0.139. The van der Waals surface area contributed by atoms with Gasteiger partial charge in [-0.1, -0.05) is 42.5 Å². The second-order valence-electron chi connectivity index (χ2n) is 5.22. The molecule has 1 amide bonds. The number of ether oxygens (including phenoxy) is 1. The molecule has 0 bridgehead atoms. The van der Waals surface area contributed by atoms with Gasteiger partial charge in [0, 0.05) is 18.2 Å². The molecule has 1 atom stereocenters. The van der Waals surface area contributed by atoms with Crippen LogP contribution >= 0.6 is 0 Å². The van der Waals surface area contributed by atoms with Crippen LogP contribution in [0.5, 0.6) is 0 Å². The summed E-state index contributed by atoms with van der Waals surface area (Å²) in [5.41, 5.74) is 8.38. The Bertz CT molecular complexity index is 671. The van der Waals surface area contributed by atoms with Gasteiger partial charge in [-0.25, -0.2) is 0 Å². The molecule has 2 rings (SSSR count). The highest BCUT2D eigenvalue weighted by Gasteiger charge is 2.12. The van der Waals surface area contributed by atoms with E-state index in [0.29, 0.717) is 5.69 Å². The summed E-state index contributed by atoms with van der Waals surface area (Å²) in [4.78, 5) is 23.4. The molecule has 23 heavy (non-hydrogen) atoms. The van der Waals surface area contributed by atoms with Crippen LogP contribution in [0.1, 0.15) is 23.6 Å². The van der Waals surface area contributed by atoms with E-state index in [0.717, 1.165) is 11.1 Å². The first-order valence-corrected chi connectivity index (χ1v) is 7.34. The Hall–Kier alpha value is -2.66. The van der Waals surface area contributed by atoms with Gasteiger partial charge >= 0.3 is 5.97 Å². The molecule has 0 spiro atoms. The molecule has 2 aromatic rings. The van der Waals surface area contributed by atoms with Crippen LogP contribution in [0.15, 0.2) is 54.6 Å². The lowest BCUT2D eigenvalue weighted by Gasteiger charge is -2.12. The Balaban J connectivity index is 1.95. The number of hydrogen-bond donors (Lipinski definition) is 2. The van der Waals surface area contributed by atoms with Gasteiger partial charge in [-0.05, 0) is 23.3 Å². The van der Waals surface area contributed by atoms with Crippen molar-refractivity contribution in [3.63, 3.8) is 0 Å². The second-order valence-corrected chi connectivity index (χ2v) is 5.22. The Morgan fingerprint density at radius 2 is 1.87 bits per heavy atom. The van der Waals surface area contributed by atoms with E-state index < -0.39 is 0 Å². The van der Waals surface area contributed by atoms with Crippen molar-refractivity contribution in [1.82, 2.24) is 0 Å². The lowest BCUT2D eigenvalue weighted by Crippen LogP contribution is -2.20. The molecule has 5 nitrogen and oxygen atoms in total. The largest absolute Gasteiger partial charge is 0.469 e. The maximum absolute atomic E-state index is 12.1. The first kappa shape index (κ1) is 16.7. The van der Waals surface area contributed by atoms with Crippen LogP contribution in [0.25, 0.3) is 0 Å². The SMILES string of the molecule is COC(=O)Cc1cccc(NC(=O)CC(N)c2ccccc2)c1. The maximum Gasteiger partial charge on any atom is 0.309 e. The van der Waals surface area contributed by atoms with E-state index in [9.17, 15) is 9.59 Å². The number of hydrogen-bond acceptors (Lipinski definition) is 4. The van der Waals surface area contributed by atoms with Gasteiger partial charge in [0.1, 0.15) is 0 Å². The summed E-state index contributed by atoms with van der Waals surface area (Å²) >= 11 is 0. The summed E-state index contributed by atoms with van der Waals surface area (Å²) < 4.78 is 4.63. The van der Waals surface area contributed by atoms with Crippen molar-refractivity contribution in [3.05, 3.63) is 65.7 Å². The van der Waals surface area contributed by atoms with Gasteiger partial charge in [-0.2, -0.15) is 0 Å². The van der Waals surface area contributed by atoms with E-state index in [1.165, 1.54) is 7.11 Å². The van der Waals surface area contributed by atoms with Crippen LogP contribution in [0.3, 0.4) is 0 Å². The Labute approximate surface area is 135 Å². The van der Waals surface area contributed by atoms with Gasteiger partial charge in [0.15, 0.2) is 0 Å². The number of benzene rings is 2. The fourth-order valence-corrected chi connectivity index (χ4v) is 2.23. The topological polar surface area (TPSA) is 81.4 Å². The van der Waals surface area contributed by atoms with Crippen molar-refractivity contribution in [3.8, 4) is 0 Å². The van der Waals surface area contributed by atoms with Crippen molar-refractivity contribution < 1.29 is 14.3 Å². The van der Waals surface area contributed by atoms with Crippen molar-refractivity contribution in [2.45, 2.75) is 18.9 Å². The first-order valence-electron chi connectivity index (χ1n) is 7.34. The molecule has 0 heterocycles. The van der Waals surface area contributed by atoms with Gasteiger partial charge in [0.25, 0.3) is 0 Å². The molecule has 2 aromatic carbocycles. The molecule has 5 heteroatoms. The highest BCUT2D eigenvalue weighted by molar-refractivity contribution is 5.91. The van der Waals surface area contributed by atoms with Gasteiger partial charge in [-0.3, -0.25) is 9.59 Å². The van der Waals surface area contributed by atoms with Crippen molar-refractivity contribution in [2.24, 2.45) is 5.73 Å². The summed E-state index contributed by atoms with van der Waals surface area (Å²) in [6.07, 6.45) is 0.356. The lowest BCUT2D eigenvalue weighted by atomic mass is 10.0. The van der Waals surface area contributed by atoms with E-state index in [4.69, 9.17) is 5.73 Å². The standard InChI is InChI=1S/C18H20N2O3/c1-23-18(22)11-13-6-5-9-15(10-13)20-17(21)12-16(19)14-7-3-2-4-8-14/h2-10,16H,11-12,19H2,1H3,(H,20,21). The highest BCUT2D eigenvalue weighted by Crippen LogP contribution is 2.16. The zero-order chi connectivity index (χ0) is 16.7. The second kappa shape index (κ2) is 8.10. The van der Waals surface area contributed by atoms with Crippen LogP contribution in [0, 0.1) is 0 Å². The number of carbonyl (C=O) groups excluding carboxylic acids is 2. The third-order valence-corrected chi connectivity index (χ3v) is 3.42. The molecule has 0 saturated carbocycles. The molecule has 0 aliphatic heterocycles. The summed E-state index contributed by atoms with van der Waals surface area (Å²) in [5, 5.41) is 2.80. The zero-order valence-electron chi connectivity index (χ0n) is 13.0. The Morgan fingerprint density at radius 3 is 2.57 bits per heavy atom. The molecule has 0 aromatic heterocycles. The van der Waals surface area contributed by atoms with Crippen LogP contribution in [-0.2, 0) is 20.7 Å². The molecule has 1 unspecified atom stereocenters. The molecule has 0 aliphatic carbocycles. The number of nitrogens with two attached hydrogens (primary N) is 1. The number of methoxy groups -OCH3 is 1. The normalized spacial score (nSPS) is 11.6. The summed E-state index contributed by atoms with van der Waals surface area (Å²) in [5.74, 6) is -0.490. The third kappa shape index (κ3) is 5.23. The fraction of sp³-hybridized carbons (Fsp3) is 0.222. The average molecular weight is 312 g/mol. The molecule has 0 aliphatic rings. The molecule has 3 N–H and O–H groups in total. The van der Waals surface area contributed by atoms with Crippen LogP contribution in [0.2, 0.25) is 0 Å². The molecule has 0 saturated heterocycles. The first-order chi connectivity index (χ1) is 11.1. The number of amides is 1. The maximum atomic E-state index is 12.1. The van der Waals surface area contributed by atoms with Crippen LogP contribution in [-0.4, -0.2) is 19.0 Å². The van der Waals surface area contributed by atoms with Gasteiger partial charge in [0.2, 0.25) is 5.91 Å². The van der Waals surface area contributed by atoms with Crippen LogP contribution in [0.4, 0.5) is 5.69 Å². The number of nitrogens with one attached hydrogen (secondary N) is 1. The number of rotatable bonds is 6. The quantitative estimate of drug-likeness (QED) is 0.803. The smallest absolute Gasteiger partial charge is 0.309 e. The van der Waals surface area contributed by atoms with E-state index >= 15 is 0 Å². The minimum absolute atomic E-state index is 0.170. The Kier molecular flexibility index (Phi) is 5.88. The van der Waals surface area contributed by atoms with E-state index in [2.05, 4.69) is 10.1 Å². The summed E-state index contributed by atoms with van der Waals surface area (Å²) in [7, 11) is 1.35. The zero-order valence-corrected chi connectivity index (χ0v) is 13.0. The summed E-state index contributed by atoms with van der Waals surface area (Å²) in [6.45, 7) is 0. The predicted molar refractivity (Wildman–Crippen MR) is 88.8 cm³/mol. The summed E-state index contributed by atoms with van der Waals surface area (Å²) in [6, 6.07) is 16.2. The minimum Gasteiger partial charge on any atom is -0.469 e. The molecular weight excluding hydrogens is 292 g/mol. The number of esters is 1. The minimum atomic E-state index is -0.352. The van der Waals surface area contributed by atoms with Gasteiger partial charge < -0.3 is 15.8 Å². The van der Waals surface area contributed by atoms with Crippen LogP contribution < -0.4 is 11.1 Å². The van der Waals surface area contributed by atoms with E-state index in [1.54, 1.807) is 18.2 Å². The number of anilines is 1. The van der Waals surface area contributed by atoms with E-state index in [-0.39, 0.29) is 30.8 Å². The van der Waals surface area contributed by atoms with Crippen molar-refractivity contribution in [2.75, 3.05) is 12.4 Å². The number of carbonyl (C=O) groups is 2. The van der Waals surface area contributed by atoms with Crippen molar-refractivity contribution in [1.29, 1.82) is 0 Å². The Morgan fingerprint density at radius 1 is 1.13 bits per heavy atom. The molecule has 120 valence electrons. The van der Waals surface area contributed by atoms with Crippen molar-refractivity contribution >= 4 is 17.6 Å². The molecule has 0 fully saturated rings. The average Bonchev–Trinajstić information content (AvgIpc) is 2.55. The molecule has 0 radical (unpaired) electrons. The fourth-order valence-electron chi connectivity index (χ4n) is 2.23. The predicted octanol–water partition coefficient (Wildman–Crippen LogP) is 2.43. The van der Waals surface area contributed by atoms with Gasteiger partial charge in [-0.15, -0.1) is 0 Å². The van der Waals surface area contributed by atoms with Gasteiger partial charge in [0.05, 0.1) is 13.5 Å². The highest BCUT2D eigenvalue weighted by atomic mass is 16.5. The van der Waals surface area contributed by atoms with E-state index in [1.807, 2.05) is 36.4 Å². The monoisotopic (exact) mass is 312 g/mol.